The van der Waals surface area contributed by atoms with E-state index >= 15 is 0 Å². The zero-order valence-electron chi connectivity index (χ0n) is 14.0. The Morgan fingerprint density at radius 2 is 1.71 bits per heavy atom. The third kappa shape index (κ3) is 6.29. The summed E-state index contributed by atoms with van der Waals surface area (Å²) in [7, 11) is -3.53. The second-order valence-corrected chi connectivity index (χ2v) is 7.57. The molecule has 0 spiro atoms. The van der Waals surface area contributed by atoms with Gasteiger partial charge in [0.1, 0.15) is 10.4 Å². The minimum absolute atomic E-state index is 0. The maximum atomic E-state index is 12.4. The Labute approximate surface area is 159 Å². The topological polar surface area (TPSA) is 87.7 Å². The van der Waals surface area contributed by atoms with Crippen LogP contribution in [0.3, 0.4) is 0 Å². The summed E-state index contributed by atoms with van der Waals surface area (Å²) in [6.45, 7) is 2.68. The van der Waals surface area contributed by atoms with Gasteiger partial charge in [0.15, 0.2) is 0 Å². The number of nitrogens with one attached hydrogen (secondary N) is 2. The summed E-state index contributed by atoms with van der Waals surface area (Å²) in [4.78, 5) is 0.184. The molecule has 1 aromatic heterocycles. The van der Waals surface area contributed by atoms with Crippen molar-refractivity contribution in [2.75, 3.05) is 6.54 Å². The summed E-state index contributed by atoms with van der Waals surface area (Å²) >= 11 is 0. The maximum absolute atomic E-state index is 12.4. The zero-order chi connectivity index (χ0) is 16.5. The largest absolute Gasteiger partial charge is 0.257 e. The van der Waals surface area contributed by atoms with E-state index in [1.807, 2.05) is 0 Å². The molecule has 0 atom stereocenters. The average Bonchev–Trinajstić information content (AvgIpc) is 3.01. The van der Waals surface area contributed by atoms with Crippen molar-refractivity contribution in [1.29, 1.82) is 0 Å². The third-order valence-electron chi connectivity index (χ3n) is 3.93. The first-order chi connectivity index (χ1) is 11.1. The van der Waals surface area contributed by atoms with Gasteiger partial charge >= 0.3 is 0 Å². The smallest absolute Gasteiger partial charge is 0.242 e. The van der Waals surface area contributed by atoms with E-state index in [1.54, 1.807) is 18.2 Å². The maximum Gasteiger partial charge on any atom is 0.242 e. The van der Waals surface area contributed by atoms with Crippen LogP contribution in [0, 0.1) is 0 Å². The van der Waals surface area contributed by atoms with E-state index in [-0.39, 0.29) is 27.3 Å². The van der Waals surface area contributed by atoms with Crippen LogP contribution < -0.4 is 4.72 Å². The molecule has 2 aromatic rings. The molecule has 0 unspecified atom stereocenters. The van der Waals surface area contributed by atoms with Gasteiger partial charge in [-0.2, -0.15) is 0 Å². The molecule has 0 fully saturated rings. The standard InChI is InChI=1S/C16H26N4O2S.Ag/c1-2-3-4-5-6-7-8-9-13-17-23(21,22)15-12-10-11-14-16(15)19-20-18-14;/h10-12,17H,2-9,13H2,1H3,(H,18,19,20);. The van der Waals surface area contributed by atoms with Crippen molar-refractivity contribution in [3.05, 3.63) is 18.2 Å². The number of H-pyrrole nitrogens is 1. The van der Waals surface area contributed by atoms with Gasteiger partial charge in [-0.25, -0.2) is 13.1 Å². The van der Waals surface area contributed by atoms with Gasteiger partial charge in [-0.3, -0.25) is 5.10 Å². The van der Waals surface area contributed by atoms with Crippen molar-refractivity contribution in [3.63, 3.8) is 0 Å². The molecule has 2 N–H and O–H groups in total. The molecule has 0 aliphatic heterocycles. The van der Waals surface area contributed by atoms with E-state index in [0.29, 0.717) is 17.6 Å². The number of hydrogen-bond donors (Lipinski definition) is 2. The zero-order valence-corrected chi connectivity index (χ0v) is 16.3. The Balaban J connectivity index is 0.00000288. The second kappa shape index (κ2) is 11.0. The van der Waals surface area contributed by atoms with Crippen molar-refractivity contribution < 1.29 is 30.8 Å². The van der Waals surface area contributed by atoms with Gasteiger partial charge < -0.3 is 0 Å². The predicted octanol–water partition coefficient (Wildman–Crippen LogP) is 3.37. The molecular formula is C16H26AgN4O2S. The van der Waals surface area contributed by atoms with E-state index in [2.05, 4.69) is 27.1 Å². The summed E-state index contributed by atoms with van der Waals surface area (Å²) < 4.78 is 27.4. The van der Waals surface area contributed by atoms with Gasteiger partial charge in [0.05, 0.1) is 5.52 Å². The molecule has 6 nitrogen and oxygen atoms in total. The van der Waals surface area contributed by atoms with Gasteiger partial charge in [0.2, 0.25) is 10.0 Å². The van der Waals surface area contributed by atoms with Crippen LogP contribution in [0.2, 0.25) is 0 Å². The number of aromatic nitrogens is 3. The van der Waals surface area contributed by atoms with Crippen LogP contribution >= 0.6 is 0 Å². The summed E-state index contributed by atoms with van der Waals surface area (Å²) in [5.74, 6) is 0. The molecule has 0 aliphatic carbocycles. The number of sulfonamides is 1. The average molecular weight is 446 g/mol. The first-order valence-corrected chi connectivity index (χ1v) is 9.93. The fourth-order valence-corrected chi connectivity index (χ4v) is 3.84. The molecule has 0 amide bonds. The Bertz CT molecular complexity index is 703. The second-order valence-electron chi connectivity index (χ2n) is 5.84. The third-order valence-corrected chi connectivity index (χ3v) is 5.42. The molecular weight excluding hydrogens is 420 g/mol. The van der Waals surface area contributed by atoms with Crippen molar-refractivity contribution in [2.24, 2.45) is 0 Å². The quantitative estimate of drug-likeness (QED) is 0.409. The van der Waals surface area contributed by atoms with E-state index in [1.165, 1.54) is 38.5 Å². The van der Waals surface area contributed by atoms with Crippen LogP contribution in [0.25, 0.3) is 11.0 Å². The molecule has 1 heterocycles. The van der Waals surface area contributed by atoms with Gasteiger partial charge in [0.25, 0.3) is 0 Å². The van der Waals surface area contributed by atoms with Crippen molar-refractivity contribution in [2.45, 2.75) is 63.2 Å². The van der Waals surface area contributed by atoms with E-state index in [0.717, 1.165) is 12.8 Å². The summed E-state index contributed by atoms with van der Waals surface area (Å²) in [5, 5.41) is 10.2. The number of rotatable bonds is 11. The van der Waals surface area contributed by atoms with E-state index < -0.39 is 10.0 Å². The van der Waals surface area contributed by atoms with Crippen molar-refractivity contribution in [3.8, 4) is 0 Å². The predicted molar refractivity (Wildman–Crippen MR) is 91.7 cm³/mol. The van der Waals surface area contributed by atoms with Crippen molar-refractivity contribution in [1.82, 2.24) is 20.1 Å². The minimum atomic E-state index is -3.53. The number of aromatic amines is 1. The fraction of sp³-hybridized carbons (Fsp3) is 0.625. The van der Waals surface area contributed by atoms with Crippen LogP contribution in [0.15, 0.2) is 23.1 Å². The Kier molecular flexibility index (Phi) is 9.77. The molecule has 0 aliphatic rings. The monoisotopic (exact) mass is 445 g/mol. The first kappa shape index (κ1) is 21.3. The summed E-state index contributed by atoms with van der Waals surface area (Å²) in [5.41, 5.74) is 1.01. The molecule has 24 heavy (non-hydrogen) atoms. The SMILES string of the molecule is CCCCCCCCCCNS(=O)(=O)c1cccc2[nH]nnc12.[Ag]. The molecule has 1 radical (unpaired) electrons. The summed E-state index contributed by atoms with van der Waals surface area (Å²) in [6.07, 6.45) is 9.51. The molecule has 2 rings (SSSR count). The van der Waals surface area contributed by atoms with Gasteiger partial charge in [-0.05, 0) is 18.6 Å². The number of benzene rings is 1. The van der Waals surface area contributed by atoms with E-state index in [9.17, 15) is 8.42 Å². The Morgan fingerprint density at radius 1 is 1.04 bits per heavy atom. The Morgan fingerprint density at radius 3 is 2.42 bits per heavy atom. The van der Waals surface area contributed by atoms with Crippen molar-refractivity contribution >= 4 is 21.1 Å². The van der Waals surface area contributed by atoms with Crippen LogP contribution in [-0.4, -0.2) is 30.4 Å². The first-order valence-electron chi connectivity index (χ1n) is 8.44. The molecule has 8 heteroatoms. The van der Waals surface area contributed by atoms with Gasteiger partial charge in [-0.15, -0.1) is 5.10 Å². The minimum Gasteiger partial charge on any atom is -0.257 e. The molecule has 139 valence electrons. The van der Waals surface area contributed by atoms with Crippen LogP contribution in [0.1, 0.15) is 58.3 Å². The number of nitrogens with zero attached hydrogens (tertiary/aromatic N) is 2. The normalized spacial score (nSPS) is 11.5. The van der Waals surface area contributed by atoms with Gasteiger partial charge in [0, 0.05) is 28.9 Å². The number of hydrogen-bond acceptors (Lipinski definition) is 4. The fourth-order valence-electron chi connectivity index (χ4n) is 2.60. The van der Waals surface area contributed by atoms with Crippen LogP contribution in [0.5, 0.6) is 0 Å². The van der Waals surface area contributed by atoms with Crippen LogP contribution in [-0.2, 0) is 32.4 Å². The molecule has 0 saturated heterocycles. The number of unbranched alkanes of at least 4 members (excludes halogenated alkanes) is 7. The van der Waals surface area contributed by atoms with E-state index in [4.69, 9.17) is 0 Å². The summed E-state index contributed by atoms with van der Waals surface area (Å²) in [6, 6.07) is 5.00. The molecule has 0 saturated carbocycles. The number of fused-ring (bicyclic) bond motifs is 1. The molecule has 0 bridgehead atoms. The molecule has 1 aromatic carbocycles. The van der Waals surface area contributed by atoms with Crippen LogP contribution in [0.4, 0.5) is 0 Å². The van der Waals surface area contributed by atoms with Gasteiger partial charge in [-0.1, -0.05) is 63.1 Å². The Hall–Kier alpha value is -0.730.